The zero-order chi connectivity index (χ0) is 45.2. The fourth-order valence-electron chi connectivity index (χ4n) is 9.19. The molecule has 0 N–H and O–H groups in total. The normalized spacial score (nSPS) is 11.2. The summed E-state index contributed by atoms with van der Waals surface area (Å²) in [6.45, 7) is 0. The summed E-state index contributed by atoms with van der Waals surface area (Å²) >= 11 is 0. The van der Waals surface area contributed by atoms with E-state index < -0.39 is 0 Å². The molecule has 3 aromatic heterocycles. The highest BCUT2D eigenvalue weighted by atomic mass is 15.1. The van der Waals surface area contributed by atoms with Crippen molar-refractivity contribution in [1.29, 1.82) is 0 Å². The predicted molar refractivity (Wildman–Crippen MR) is 281 cm³/mol. The van der Waals surface area contributed by atoms with Crippen LogP contribution in [-0.2, 0) is 0 Å². The van der Waals surface area contributed by atoms with Crippen molar-refractivity contribution in [1.82, 2.24) is 19.4 Å². The van der Waals surface area contributed by atoms with Gasteiger partial charge in [0.05, 0.1) is 28.1 Å². The second-order valence-electron chi connectivity index (χ2n) is 16.9. The molecule has 5 nitrogen and oxygen atoms in total. The lowest BCUT2D eigenvalue weighted by molar-refractivity contribution is 1.19. The number of rotatable bonds is 10. The van der Waals surface area contributed by atoms with Crippen LogP contribution in [0.15, 0.2) is 261 Å². The number of hydrogen-bond acceptors (Lipinski definition) is 4. The third-order valence-corrected chi connectivity index (χ3v) is 12.7. The van der Waals surface area contributed by atoms with Crippen molar-refractivity contribution in [3.8, 4) is 78.3 Å². The lowest BCUT2D eigenvalue weighted by Gasteiger charge is -2.26. The average Bonchev–Trinajstić information content (AvgIpc) is 3.87. The molecule has 0 fully saturated rings. The molecule has 0 saturated heterocycles. The van der Waals surface area contributed by atoms with E-state index in [2.05, 4.69) is 240 Å². The summed E-state index contributed by atoms with van der Waals surface area (Å²) in [5, 5.41) is 0. The van der Waals surface area contributed by atoms with E-state index >= 15 is 0 Å². The highest BCUT2D eigenvalue weighted by Crippen LogP contribution is 2.41. The molecule has 0 radical (unpaired) electrons. The largest absolute Gasteiger partial charge is 0.311 e. The molecule has 0 unspecified atom stereocenters. The molecule has 3 heterocycles. The number of pyridine rings is 1. The summed E-state index contributed by atoms with van der Waals surface area (Å²) in [7, 11) is 0. The number of imidazole rings is 1. The van der Waals surface area contributed by atoms with Crippen LogP contribution in [0.3, 0.4) is 0 Å². The molecule has 68 heavy (non-hydrogen) atoms. The Hall–Kier alpha value is -9.19. The van der Waals surface area contributed by atoms with Gasteiger partial charge in [0, 0.05) is 57.3 Å². The lowest BCUT2D eigenvalue weighted by Crippen LogP contribution is -2.09. The maximum atomic E-state index is 5.69. The number of fused-ring (bicyclic) bond motifs is 2. The zero-order valence-corrected chi connectivity index (χ0v) is 37.1. The quantitative estimate of drug-likeness (QED) is 0.137. The van der Waals surface area contributed by atoms with Crippen molar-refractivity contribution < 1.29 is 0 Å². The first kappa shape index (κ1) is 40.3. The molecular weight excluding hydrogens is 827 g/mol. The Morgan fingerprint density at radius 1 is 0.279 bits per heavy atom. The maximum Gasteiger partial charge on any atom is 0.137 e. The van der Waals surface area contributed by atoms with Crippen LogP contribution in [0, 0.1) is 0 Å². The summed E-state index contributed by atoms with van der Waals surface area (Å²) in [5.74, 6) is 0. The van der Waals surface area contributed by atoms with Crippen molar-refractivity contribution in [2.45, 2.75) is 0 Å². The second-order valence-corrected chi connectivity index (χ2v) is 16.9. The minimum atomic E-state index is 0.817. The van der Waals surface area contributed by atoms with E-state index in [1.807, 2.05) is 30.5 Å². The fourth-order valence-corrected chi connectivity index (χ4v) is 9.19. The van der Waals surface area contributed by atoms with E-state index in [4.69, 9.17) is 15.0 Å². The average molecular weight is 870 g/mol. The van der Waals surface area contributed by atoms with Gasteiger partial charge >= 0.3 is 0 Å². The van der Waals surface area contributed by atoms with Gasteiger partial charge in [0.1, 0.15) is 5.65 Å². The third-order valence-electron chi connectivity index (χ3n) is 12.7. The van der Waals surface area contributed by atoms with Gasteiger partial charge in [0.2, 0.25) is 0 Å². The Morgan fingerprint density at radius 3 is 1.13 bits per heavy atom. The van der Waals surface area contributed by atoms with Gasteiger partial charge in [-0.1, -0.05) is 200 Å². The fraction of sp³-hybridized carbons (Fsp3) is 0. The lowest BCUT2D eigenvalue weighted by atomic mass is 9.94. The Kier molecular flexibility index (Phi) is 10.5. The number of anilines is 3. The van der Waals surface area contributed by atoms with Crippen LogP contribution < -0.4 is 4.90 Å². The molecule has 0 aliphatic carbocycles. The molecule has 320 valence electrons. The zero-order valence-electron chi connectivity index (χ0n) is 37.1. The predicted octanol–water partition coefficient (Wildman–Crippen LogP) is 16.4. The minimum absolute atomic E-state index is 0.817. The first-order chi connectivity index (χ1) is 33.7. The molecule has 0 bridgehead atoms. The van der Waals surface area contributed by atoms with Crippen molar-refractivity contribution in [3.63, 3.8) is 0 Å². The molecule has 12 aromatic rings. The Labute approximate surface area is 395 Å². The Balaban J connectivity index is 0.988. The summed E-state index contributed by atoms with van der Waals surface area (Å²) in [5.41, 5.74) is 20.3. The van der Waals surface area contributed by atoms with Gasteiger partial charge in [0.15, 0.2) is 0 Å². The van der Waals surface area contributed by atoms with Crippen molar-refractivity contribution >= 4 is 33.7 Å². The van der Waals surface area contributed by atoms with Crippen LogP contribution in [0.5, 0.6) is 0 Å². The van der Waals surface area contributed by atoms with E-state index in [1.165, 1.54) is 22.3 Å². The van der Waals surface area contributed by atoms with E-state index in [1.54, 1.807) is 0 Å². The monoisotopic (exact) mass is 869 g/mol. The first-order valence-corrected chi connectivity index (χ1v) is 22.9. The first-order valence-electron chi connectivity index (χ1n) is 22.9. The topological polar surface area (TPSA) is 46.3 Å². The van der Waals surface area contributed by atoms with Crippen molar-refractivity contribution in [3.05, 3.63) is 261 Å². The third kappa shape index (κ3) is 7.78. The summed E-state index contributed by atoms with van der Waals surface area (Å²) < 4.78 is 2.05. The highest BCUT2D eigenvalue weighted by Gasteiger charge is 2.21. The van der Waals surface area contributed by atoms with Gasteiger partial charge in [0.25, 0.3) is 0 Å². The van der Waals surface area contributed by atoms with Gasteiger partial charge in [-0.25, -0.2) is 15.0 Å². The van der Waals surface area contributed by atoms with Gasteiger partial charge in [-0.2, -0.15) is 0 Å². The SMILES string of the molecule is c1ccc(-c2ccc(-c3ccc(-c4ccc(-c5ccccc5)cc4)c4nc(-c5ccc(N(c6ccccc6)c6ccc(-c7cn8ccccc8n7)cc6)cc5)c(-c5ccccc5)nc34)cc2)cc1. The van der Waals surface area contributed by atoms with Crippen LogP contribution in [0.25, 0.3) is 95.0 Å². The standard InChI is InChI=1S/C63H43N5/c1-5-15-44(16-6-1)46-24-28-48(29-25-46)56-40-41-57(49-30-26-47(27-31-49)45-17-7-2-8-18-45)63-62(56)65-60(51-19-9-3-10-20-51)61(66-63)52-34-38-55(39-35-52)68(53-21-11-4-12-22-53)54-36-32-50(33-37-54)58-43-67-42-14-13-23-59(67)64-58/h1-43H. The second kappa shape index (κ2) is 17.7. The van der Waals surface area contributed by atoms with Gasteiger partial charge in [-0.15, -0.1) is 0 Å². The molecule has 0 atom stereocenters. The summed E-state index contributed by atoms with van der Waals surface area (Å²) in [4.78, 5) is 18.5. The number of benzene rings is 9. The maximum absolute atomic E-state index is 5.69. The highest BCUT2D eigenvalue weighted by molar-refractivity contribution is 6.03. The molecule has 9 aromatic carbocycles. The summed E-state index contributed by atoms with van der Waals surface area (Å²) in [6.07, 6.45) is 4.10. The minimum Gasteiger partial charge on any atom is -0.311 e. The Morgan fingerprint density at radius 2 is 0.647 bits per heavy atom. The molecule has 0 aliphatic heterocycles. The van der Waals surface area contributed by atoms with E-state index in [9.17, 15) is 0 Å². The van der Waals surface area contributed by atoms with Gasteiger partial charge in [-0.05, 0) is 81.9 Å². The van der Waals surface area contributed by atoms with Crippen LogP contribution in [-0.4, -0.2) is 19.4 Å². The number of hydrogen-bond donors (Lipinski definition) is 0. The molecule has 0 spiro atoms. The number of nitrogens with zero attached hydrogens (tertiary/aromatic N) is 5. The molecular formula is C63H43N5. The number of aromatic nitrogens is 4. The van der Waals surface area contributed by atoms with Crippen molar-refractivity contribution in [2.75, 3.05) is 4.90 Å². The molecule has 0 aliphatic rings. The van der Waals surface area contributed by atoms with Crippen LogP contribution >= 0.6 is 0 Å². The van der Waals surface area contributed by atoms with Crippen molar-refractivity contribution in [2.24, 2.45) is 0 Å². The van der Waals surface area contributed by atoms with E-state index in [-0.39, 0.29) is 0 Å². The molecule has 5 heteroatoms. The molecule has 12 rings (SSSR count). The van der Waals surface area contributed by atoms with E-state index in [0.29, 0.717) is 0 Å². The van der Waals surface area contributed by atoms with Crippen LogP contribution in [0.2, 0.25) is 0 Å². The smallest absolute Gasteiger partial charge is 0.137 e. The Bertz CT molecular complexity index is 3630. The van der Waals surface area contributed by atoms with Gasteiger partial charge in [-0.3, -0.25) is 0 Å². The summed E-state index contributed by atoms with van der Waals surface area (Å²) in [6, 6.07) is 87.4. The molecule has 0 amide bonds. The van der Waals surface area contributed by atoms with Gasteiger partial charge < -0.3 is 9.30 Å². The van der Waals surface area contributed by atoms with E-state index in [0.717, 1.165) is 89.8 Å². The number of para-hydroxylation sites is 1. The van der Waals surface area contributed by atoms with Crippen LogP contribution in [0.4, 0.5) is 17.1 Å². The molecule has 0 saturated carbocycles. The van der Waals surface area contributed by atoms with Crippen LogP contribution in [0.1, 0.15) is 0 Å².